The first-order chi connectivity index (χ1) is 12.9. The van der Waals surface area contributed by atoms with E-state index < -0.39 is 16.9 Å². The van der Waals surface area contributed by atoms with Gasteiger partial charge in [0.25, 0.3) is 11.6 Å². The quantitative estimate of drug-likeness (QED) is 0.555. The van der Waals surface area contributed by atoms with Crippen LogP contribution in [-0.4, -0.2) is 41.8 Å². The molecular formula is C19H21N3O4S. The Kier molecular flexibility index (Phi) is 7.36. The van der Waals surface area contributed by atoms with E-state index in [-0.39, 0.29) is 17.2 Å². The molecule has 0 radical (unpaired) electrons. The van der Waals surface area contributed by atoms with Crippen molar-refractivity contribution >= 4 is 35.0 Å². The summed E-state index contributed by atoms with van der Waals surface area (Å²) in [6, 6.07) is 13.9. The van der Waals surface area contributed by atoms with Crippen molar-refractivity contribution < 1.29 is 14.5 Å². The van der Waals surface area contributed by atoms with Crippen LogP contribution in [0.2, 0.25) is 0 Å². The summed E-state index contributed by atoms with van der Waals surface area (Å²) < 4.78 is 0. The van der Waals surface area contributed by atoms with E-state index >= 15 is 0 Å². The first-order valence-electron chi connectivity index (χ1n) is 8.31. The van der Waals surface area contributed by atoms with Gasteiger partial charge in [-0.1, -0.05) is 24.3 Å². The number of hydrogen-bond donors (Lipinski definition) is 1. The smallest absolute Gasteiger partial charge is 0.270 e. The highest BCUT2D eigenvalue weighted by Crippen LogP contribution is 2.16. The van der Waals surface area contributed by atoms with E-state index in [2.05, 4.69) is 5.32 Å². The summed E-state index contributed by atoms with van der Waals surface area (Å²) in [6.07, 6.45) is 2.38. The SMILES string of the molecule is CSCC[C@H](NC(=O)c1cccc([N+](=O)[O-])c1)C(=O)N(C)c1ccccc1. The maximum absolute atomic E-state index is 12.9. The molecular weight excluding hydrogens is 366 g/mol. The first-order valence-corrected chi connectivity index (χ1v) is 9.70. The third kappa shape index (κ3) is 5.55. The number of nitro groups is 1. The van der Waals surface area contributed by atoms with Crippen LogP contribution in [-0.2, 0) is 4.79 Å². The lowest BCUT2D eigenvalue weighted by Gasteiger charge is -2.24. The van der Waals surface area contributed by atoms with Crippen LogP contribution in [0.15, 0.2) is 54.6 Å². The predicted molar refractivity (Wildman–Crippen MR) is 107 cm³/mol. The number of nitro benzene ring substituents is 1. The molecule has 1 atom stereocenters. The Morgan fingerprint density at radius 3 is 2.52 bits per heavy atom. The Hall–Kier alpha value is -2.87. The second-order valence-corrected chi connectivity index (χ2v) is 6.83. The van der Waals surface area contributed by atoms with Gasteiger partial charge in [0, 0.05) is 30.4 Å². The van der Waals surface area contributed by atoms with Crippen molar-refractivity contribution in [2.45, 2.75) is 12.5 Å². The van der Waals surface area contributed by atoms with E-state index in [9.17, 15) is 19.7 Å². The number of rotatable bonds is 8. The van der Waals surface area contributed by atoms with Gasteiger partial charge in [-0.3, -0.25) is 19.7 Å². The molecule has 27 heavy (non-hydrogen) atoms. The number of hydrogen-bond acceptors (Lipinski definition) is 5. The number of thioether (sulfide) groups is 1. The molecule has 8 heteroatoms. The number of likely N-dealkylation sites (N-methyl/N-ethyl adjacent to an activating group) is 1. The summed E-state index contributed by atoms with van der Waals surface area (Å²) in [5.74, 6) is -0.0671. The molecule has 0 aliphatic rings. The van der Waals surface area contributed by atoms with Crippen LogP contribution >= 0.6 is 11.8 Å². The summed E-state index contributed by atoms with van der Waals surface area (Å²) in [5, 5.41) is 13.6. The van der Waals surface area contributed by atoms with E-state index in [1.165, 1.54) is 29.2 Å². The number of carbonyl (C=O) groups is 2. The Balaban J connectivity index is 2.18. The van der Waals surface area contributed by atoms with E-state index in [4.69, 9.17) is 0 Å². The molecule has 7 nitrogen and oxygen atoms in total. The Labute approximate surface area is 161 Å². The fourth-order valence-corrected chi connectivity index (χ4v) is 2.98. The van der Waals surface area contributed by atoms with Gasteiger partial charge in [-0.15, -0.1) is 0 Å². The van der Waals surface area contributed by atoms with Gasteiger partial charge in [0.2, 0.25) is 5.91 Å². The van der Waals surface area contributed by atoms with Crippen LogP contribution in [0.3, 0.4) is 0 Å². The van der Waals surface area contributed by atoms with Crippen LogP contribution in [0.5, 0.6) is 0 Å². The molecule has 0 heterocycles. The molecule has 2 aromatic carbocycles. The van der Waals surface area contributed by atoms with Gasteiger partial charge in [-0.2, -0.15) is 11.8 Å². The zero-order valence-electron chi connectivity index (χ0n) is 15.1. The molecule has 0 spiro atoms. The molecule has 2 rings (SSSR count). The molecule has 0 saturated heterocycles. The van der Waals surface area contributed by atoms with Gasteiger partial charge in [0.15, 0.2) is 0 Å². The van der Waals surface area contributed by atoms with Crippen molar-refractivity contribution in [2.24, 2.45) is 0 Å². The first kappa shape index (κ1) is 20.4. The number of non-ortho nitro benzene ring substituents is 1. The Morgan fingerprint density at radius 2 is 1.89 bits per heavy atom. The van der Waals surface area contributed by atoms with Crippen molar-refractivity contribution in [3.8, 4) is 0 Å². The molecule has 1 N–H and O–H groups in total. The fraction of sp³-hybridized carbons (Fsp3) is 0.263. The topological polar surface area (TPSA) is 92.5 Å². The fourth-order valence-electron chi connectivity index (χ4n) is 2.51. The zero-order chi connectivity index (χ0) is 19.8. The maximum atomic E-state index is 12.9. The van der Waals surface area contributed by atoms with Gasteiger partial charge in [0.1, 0.15) is 6.04 Å². The van der Waals surface area contributed by atoms with Crippen molar-refractivity contribution in [1.29, 1.82) is 0 Å². The molecule has 0 unspecified atom stereocenters. The predicted octanol–water partition coefficient (Wildman–Crippen LogP) is 3.11. The number of para-hydroxylation sites is 1. The normalized spacial score (nSPS) is 11.5. The Bertz CT molecular complexity index is 814. The lowest BCUT2D eigenvalue weighted by molar-refractivity contribution is -0.384. The minimum Gasteiger partial charge on any atom is -0.340 e. The highest BCUT2D eigenvalue weighted by Gasteiger charge is 2.25. The van der Waals surface area contributed by atoms with Gasteiger partial charge in [0.05, 0.1) is 4.92 Å². The van der Waals surface area contributed by atoms with E-state index in [0.29, 0.717) is 12.2 Å². The third-order valence-corrected chi connectivity index (χ3v) is 4.65. The van der Waals surface area contributed by atoms with Crippen molar-refractivity contribution in [1.82, 2.24) is 5.32 Å². The van der Waals surface area contributed by atoms with E-state index in [1.54, 1.807) is 18.8 Å². The summed E-state index contributed by atoms with van der Waals surface area (Å²) >= 11 is 1.57. The lowest BCUT2D eigenvalue weighted by Crippen LogP contribution is -2.47. The van der Waals surface area contributed by atoms with Crippen LogP contribution in [0.1, 0.15) is 16.8 Å². The molecule has 0 aliphatic heterocycles. The van der Waals surface area contributed by atoms with Crippen LogP contribution in [0, 0.1) is 10.1 Å². The van der Waals surface area contributed by atoms with Crippen LogP contribution < -0.4 is 10.2 Å². The molecule has 0 aromatic heterocycles. The number of benzene rings is 2. The van der Waals surface area contributed by atoms with Gasteiger partial charge < -0.3 is 10.2 Å². The number of amides is 2. The van der Waals surface area contributed by atoms with Crippen LogP contribution in [0.4, 0.5) is 11.4 Å². The largest absolute Gasteiger partial charge is 0.340 e. The number of nitrogens with one attached hydrogen (secondary N) is 1. The highest BCUT2D eigenvalue weighted by molar-refractivity contribution is 7.98. The van der Waals surface area contributed by atoms with Crippen molar-refractivity contribution in [3.63, 3.8) is 0 Å². The molecule has 0 fully saturated rings. The summed E-state index contributed by atoms with van der Waals surface area (Å²) in [4.78, 5) is 37.3. The third-order valence-electron chi connectivity index (χ3n) is 4.01. The van der Waals surface area contributed by atoms with Gasteiger partial charge >= 0.3 is 0 Å². The summed E-state index contributed by atoms with van der Waals surface area (Å²) in [6.45, 7) is 0. The molecule has 142 valence electrons. The Morgan fingerprint density at radius 1 is 1.19 bits per heavy atom. The standard InChI is InChI=1S/C19H21N3O4S/c1-21(15-8-4-3-5-9-15)19(24)17(11-12-27-2)20-18(23)14-7-6-10-16(13-14)22(25)26/h3-10,13,17H,11-12H2,1-2H3,(H,20,23)/t17-/m0/s1. The van der Waals surface area contributed by atoms with Gasteiger partial charge in [-0.05, 0) is 36.6 Å². The maximum Gasteiger partial charge on any atom is 0.270 e. The number of anilines is 1. The molecule has 2 aromatic rings. The lowest BCUT2D eigenvalue weighted by atomic mass is 10.1. The van der Waals surface area contributed by atoms with Crippen molar-refractivity contribution in [2.75, 3.05) is 24.0 Å². The van der Waals surface area contributed by atoms with E-state index in [0.717, 1.165) is 5.69 Å². The molecule has 0 aliphatic carbocycles. The average Bonchev–Trinajstić information content (AvgIpc) is 2.70. The minimum atomic E-state index is -0.727. The highest BCUT2D eigenvalue weighted by atomic mass is 32.2. The average molecular weight is 387 g/mol. The summed E-state index contributed by atoms with van der Waals surface area (Å²) in [7, 11) is 1.66. The summed E-state index contributed by atoms with van der Waals surface area (Å²) in [5.41, 5.74) is 0.700. The molecule has 0 saturated carbocycles. The monoisotopic (exact) mass is 387 g/mol. The van der Waals surface area contributed by atoms with Crippen molar-refractivity contribution in [3.05, 3.63) is 70.3 Å². The zero-order valence-corrected chi connectivity index (χ0v) is 15.9. The number of carbonyl (C=O) groups excluding carboxylic acids is 2. The second kappa shape index (κ2) is 9.72. The number of nitrogens with zero attached hydrogens (tertiary/aromatic N) is 2. The van der Waals surface area contributed by atoms with Gasteiger partial charge in [-0.25, -0.2) is 0 Å². The molecule has 2 amide bonds. The minimum absolute atomic E-state index is 0.147. The second-order valence-electron chi connectivity index (χ2n) is 5.85. The van der Waals surface area contributed by atoms with Crippen LogP contribution in [0.25, 0.3) is 0 Å². The van der Waals surface area contributed by atoms with E-state index in [1.807, 2.05) is 36.6 Å². The molecule has 0 bridgehead atoms.